The third-order valence-corrected chi connectivity index (χ3v) is 4.32. The molecule has 2 aromatic heterocycles. The van der Waals surface area contributed by atoms with Crippen LogP contribution in [0.2, 0.25) is 0 Å². The average Bonchev–Trinajstić information content (AvgIpc) is 3.03. The minimum Gasteiger partial charge on any atom is -0.389 e. The summed E-state index contributed by atoms with van der Waals surface area (Å²) >= 11 is 5.16. The molecule has 1 aliphatic rings. The van der Waals surface area contributed by atoms with E-state index in [1.165, 1.54) is 11.3 Å². The molecule has 0 saturated carbocycles. The number of hydrogen-bond acceptors (Lipinski definition) is 4. The third kappa shape index (κ3) is 2.63. The molecule has 0 amide bonds. The number of hydrogen-bond donors (Lipinski definition) is 2. The number of pyridine rings is 1. The maximum atomic E-state index is 5.85. The number of nitrogens with zero attached hydrogens (tertiary/aromatic N) is 3. The van der Waals surface area contributed by atoms with Crippen molar-refractivity contribution in [3.63, 3.8) is 0 Å². The number of aryl methyl sites for hydroxylation is 3. The standard InChI is InChI=1S/C15H19N5S/c1-9-11(8-18-20(9)2)7-17-15-12(14(16)21)6-10-4-3-5-13(10)19-15/h6,8H,3-5,7H2,1-2H3,(H2,16,21)(H,17,19). The second-order valence-electron chi connectivity index (χ2n) is 5.44. The first-order chi connectivity index (χ1) is 10.1. The molecule has 0 spiro atoms. The molecule has 3 N–H and O–H groups in total. The monoisotopic (exact) mass is 301 g/mol. The summed E-state index contributed by atoms with van der Waals surface area (Å²) in [4.78, 5) is 5.11. The van der Waals surface area contributed by atoms with Crippen LogP contribution in [0.15, 0.2) is 12.3 Å². The van der Waals surface area contributed by atoms with E-state index in [1.807, 2.05) is 17.9 Å². The van der Waals surface area contributed by atoms with E-state index >= 15 is 0 Å². The highest BCUT2D eigenvalue weighted by atomic mass is 32.1. The second-order valence-corrected chi connectivity index (χ2v) is 5.88. The van der Waals surface area contributed by atoms with Gasteiger partial charge in [0.15, 0.2) is 0 Å². The Morgan fingerprint density at radius 2 is 2.29 bits per heavy atom. The number of aromatic nitrogens is 3. The molecule has 6 heteroatoms. The van der Waals surface area contributed by atoms with Crippen LogP contribution in [0.3, 0.4) is 0 Å². The highest BCUT2D eigenvalue weighted by molar-refractivity contribution is 7.80. The van der Waals surface area contributed by atoms with Crippen LogP contribution in [-0.4, -0.2) is 19.8 Å². The molecule has 21 heavy (non-hydrogen) atoms. The highest BCUT2D eigenvalue weighted by Crippen LogP contribution is 2.25. The number of nitrogens with two attached hydrogens (primary N) is 1. The first-order valence-corrected chi connectivity index (χ1v) is 7.51. The highest BCUT2D eigenvalue weighted by Gasteiger charge is 2.17. The van der Waals surface area contributed by atoms with Gasteiger partial charge >= 0.3 is 0 Å². The molecule has 0 radical (unpaired) electrons. The van der Waals surface area contributed by atoms with Crippen molar-refractivity contribution in [2.75, 3.05) is 5.32 Å². The van der Waals surface area contributed by atoms with Crippen LogP contribution >= 0.6 is 12.2 Å². The molecular formula is C15H19N5S. The van der Waals surface area contributed by atoms with Crippen molar-refractivity contribution < 1.29 is 0 Å². The van der Waals surface area contributed by atoms with Crippen LogP contribution in [0.25, 0.3) is 0 Å². The van der Waals surface area contributed by atoms with Gasteiger partial charge in [0.2, 0.25) is 0 Å². The van der Waals surface area contributed by atoms with Crippen molar-refractivity contribution in [2.24, 2.45) is 12.8 Å². The predicted octanol–water partition coefficient (Wildman–Crippen LogP) is 1.86. The van der Waals surface area contributed by atoms with E-state index in [2.05, 4.69) is 23.4 Å². The molecule has 0 fully saturated rings. The molecule has 0 aliphatic heterocycles. The van der Waals surface area contributed by atoms with Gasteiger partial charge in [-0.1, -0.05) is 12.2 Å². The number of rotatable bonds is 4. The topological polar surface area (TPSA) is 68.8 Å². The summed E-state index contributed by atoms with van der Waals surface area (Å²) < 4.78 is 1.86. The Bertz CT molecular complexity index is 704. The summed E-state index contributed by atoms with van der Waals surface area (Å²) in [6.45, 7) is 2.72. The fraction of sp³-hybridized carbons (Fsp3) is 0.400. The van der Waals surface area contributed by atoms with Crippen LogP contribution in [0, 0.1) is 6.92 Å². The SMILES string of the molecule is Cc1c(CNc2nc3c(cc2C(N)=S)CCC3)cnn1C. The zero-order valence-corrected chi connectivity index (χ0v) is 13.1. The molecule has 2 heterocycles. The third-order valence-electron chi connectivity index (χ3n) is 4.10. The van der Waals surface area contributed by atoms with E-state index in [-0.39, 0.29) is 0 Å². The van der Waals surface area contributed by atoms with Crippen molar-refractivity contribution in [3.05, 3.63) is 40.3 Å². The quantitative estimate of drug-likeness (QED) is 0.844. The van der Waals surface area contributed by atoms with Crippen LogP contribution in [-0.2, 0) is 26.4 Å². The minimum absolute atomic E-state index is 0.391. The van der Waals surface area contributed by atoms with Gasteiger partial charge in [-0.25, -0.2) is 4.98 Å². The van der Waals surface area contributed by atoms with E-state index in [0.29, 0.717) is 11.5 Å². The predicted molar refractivity (Wildman–Crippen MR) is 87.4 cm³/mol. The first-order valence-electron chi connectivity index (χ1n) is 7.10. The number of anilines is 1. The largest absolute Gasteiger partial charge is 0.389 e. The Balaban J connectivity index is 1.87. The molecular weight excluding hydrogens is 282 g/mol. The number of fused-ring (bicyclic) bond motifs is 1. The molecule has 0 aromatic carbocycles. The van der Waals surface area contributed by atoms with Gasteiger partial charge in [-0.15, -0.1) is 0 Å². The average molecular weight is 301 g/mol. The lowest BCUT2D eigenvalue weighted by Crippen LogP contribution is -2.16. The summed E-state index contributed by atoms with van der Waals surface area (Å²) in [6, 6.07) is 2.09. The first kappa shape index (κ1) is 14.0. The summed E-state index contributed by atoms with van der Waals surface area (Å²) in [5.74, 6) is 0.784. The maximum absolute atomic E-state index is 5.85. The fourth-order valence-corrected chi connectivity index (χ4v) is 2.85. The van der Waals surface area contributed by atoms with Gasteiger partial charge in [-0.3, -0.25) is 4.68 Å². The van der Waals surface area contributed by atoms with Gasteiger partial charge in [0.1, 0.15) is 10.8 Å². The molecule has 2 aromatic rings. The fourth-order valence-electron chi connectivity index (χ4n) is 2.69. The molecule has 1 aliphatic carbocycles. The van der Waals surface area contributed by atoms with Crippen molar-refractivity contribution in [2.45, 2.75) is 32.7 Å². The molecule has 0 saturated heterocycles. The Morgan fingerprint density at radius 1 is 1.48 bits per heavy atom. The van der Waals surface area contributed by atoms with Crippen LogP contribution in [0.4, 0.5) is 5.82 Å². The molecule has 0 unspecified atom stereocenters. The van der Waals surface area contributed by atoms with Crippen molar-refractivity contribution >= 4 is 23.0 Å². The minimum atomic E-state index is 0.391. The Hall–Kier alpha value is -1.95. The molecule has 0 bridgehead atoms. The molecule has 110 valence electrons. The Kier molecular flexibility index (Phi) is 3.63. The van der Waals surface area contributed by atoms with E-state index in [9.17, 15) is 0 Å². The molecule has 3 rings (SSSR count). The molecule has 5 nitrogen and oxygen atoms in total. The van der Waals surface area contributed by atoms with Crippen molar-refractivity contribution in [3.8, 4) is 0 Å². The zero-order valence-electron chi connectivity index (χ0n) is 12.3. The maximum Gasteiger partial charge on any atom is 0.136 e. The summed E-state index contributed by atoms with van der Waals surface area (Å²) in [5.41, 5.74) is 11.4. The summed E-state index contributed by atoms with van der Waals surface area (Å²) in [7, 11) is 1.94. The Morgan fingerprint density at radius 3 is 2.95 bits per heavy atom. The van der Waals surface area contributed by atoms with E-state index in [0.717, 1.165) is 41.9 Å². The lowest BCUT2D eigenvalue weighted by Gasteiger charge is -2.12. The number of thiocarbonyl (C=S) groups is 1. The van der Waals surface area contributed by atoms with Gasteiger partial charge in [0, 0.05) is 30.5 Å². The van der Waals surface area contributed by atoms with E-state index in [4.69, 9.17) is 22.9 Å². The normalized spacial score (nSPS) is 13.2. The van der Waals surface area contributed by atoms with Crippen molar-refractivity contribution in [1.82, 2.24) is 14.8 Å². The van der Waals surface area contributed by atoms with Gasteiger partial charge < -0.3 is 11.1 Å². The van der Waals surface area contributed by atoms with Gasteiger partial charge in [0.05, 0.1) is 11.8 Å². The van der Waals surface area contributed by atoms with Gasteiger partial charge in [-0.05, 0) is 37.8 Å². The van der Waals surface area contributed by atoms with Crippen LogP contribution < -0.4 is 11.1 Å². The smallest absolute Gasteiger partial charge is 0.136 e. The van der Waals surface area contributed by atoms with Crippen LogP contribution in [0.5, 0.6) is 0 Å². The van der Waals surface area contributed by atoms with Gasteiger partial charge in [-0.2, -0.15) is 5.10 Å². The van der Waals surface area contributed by atoms with Crippen molar-refractivity contribution in [1.29, 1.82) is 0 Å². The molecule has 0 atom stereocenters. The zero-order chi connectivity index (χ0) is 15.0. The lowest BCUT2D eigenvalue weighted by atomic mass is 10.1. The number of nitrogens with one attached hydrogen (secondary N) is 1. The van der Waals surface area contributed by atoms with E-state index in [1.54, 1.807) is 0 Å². The van der Waals surface area contributed by atoms with Gasteiger partial charge in [0.25, 0.3) is 0 Å². The summed E-state index contributed by atoms with van der Waals surface area (Å²) in [6.07, 6.45) is 5.13. The van der Waals surface area contributed by atoms with Crippen LogP contribution in [0.1, 0.15) is 34.5 Å². The second kappa shape index (κ2) is 5.44. The lowest BCUT2D eigenvalue weighted by molar-refractivity contribution is 0.738. The van der Waals surface area contributed by atoms with E-state index < -0.39 is 0 Å². The Labute approximate surface area is 129 Å². The summed E-state index contributed by atoms with van der Waals surface area (Å²) in [5, 5.41) is 7.61.